The van der Waals surface area contributed by atoms with Crippen molar-refractivity contribution in [3.05, 3.63) is 48.2 Å². The summed E-state index contributed by atoms with van der Waals surface area (Å²) in [6, 6.07) is 11.5. The Morgan fingerprint density at radius 1 is 1.27 bits per heavy atom. The van der Waals surface area contributed by atoms with Crippen LogP contribution in [-0.2, 0) is 11.2 Å². The van der Waals surface area contributed by atoms with E-state index < -0.39 is 0 Å². The molecule has 8 heteroatoms. The van der Waals surface area contributed by atoms with Gasteiger partial charge in [0.15, 0.2) is 5.82 Å². The van der Waals surface area contributed by atoms with Gasteiger partial charge in [0.2, 0.25) is 5.91 Å². The molecule has 1 fully saturated rings. The number of carbonyl (C=O) groups excluding carboxylic acids is 1. The first-order valence-electron chi connectivity index (χ1n) is 8.26. The topological polar surface area (TPSA) is 75.3 Å². The second-order valence-corrected chi connectivity index (χ2v) is 6.25. The summed E-state index contributed by atoms with van der Waals surface area (Å²) in [6.45, 7) is 1.75. The minimum absolute atomic E-state index is 0. The summed E-state index contributed by atoms with van der Waals surface area (Å²) >= 11 is 0. The van der Waals surface area contributed by atoms with Gasteiger partial charge in [-0.05, 0) is 42.7 Å². The maximum Gasteiger partial charge on any atom is 0.227 e. The number of amides is 1. The lowest BCUT2D eigenvalue weighted by atomic mass is 10.0. The molecule has 1 saturated heterocycles. The summed E-state index contributed by atoms with van der Waals surface area (Å²) in [7, 11) is 1.89. The maximum absolute atomic E-state index is 12.6. The quantitative estimate of drug-likeness (QED) is 0.802. The molecule has 0 aliphatic carbocycles. The summed E-state index contributed by atoms with van der Waals surface area (Å²) in [5.41, 5.74) is 7.40. The van der Waals surface area contributed by atoms with Crippen molar-refractivity contribution in [2.75, 3.05) is 30.8 Å². The van der Waals surface area contributed by atoms with E-state index in [1.165, 1.54) is 0 Å². The Morgan fingerprint density at radius 3 is 2.65 bits per heavy atom. The third kappa shape index (κ3) is 5.47. The molecule has 2 N–H and O–H groups in total. The van der Waals surface area contributed by atoms with Gasteiger partial charge in [-0.1, -0.05) is 12.1 Å². The number of nitrogens with zero attached hydrogens (tertiary/aromatic N) is 4. The number of hydrogen-bond donors (Lipinski definition) is 1. The molecule has 1 unspecified atom stereocenters. The van der Waals surface area contributed by atoms with Crippen molar-refractivity contribution in [2.45, 2.75) is 25.3 Å². The molecule has 2 heterocycles. The molecule has 26 heavy (non-hydrogen) atoms. The zero-order chi connectivity index (χ0) is 16.9. The maximum atomic E-state index is 12.6. The summed E-state index contributed by atoms with van der Waals surface area (Å²) < 4.78 is 0. The standard InChI is InChI=1S/C18H23N5O.2ClH/c1-22(18(24)12-14-6-8-15(19)9-7-14)16-4-3-11-23(13-16)17-5-2-10-20-21-17;;/h2,5-10,16H,3-4,11-13,19H2,1H3;2*1H. The highest BCUT2D eigenvalue weighted by Gasteiger charge is 2.26. The first-order chi connectivity index (χ1) is 11.6. The number of halogens is 2. The molecule has 0 radical (unpaired) electrons. The molecule has 0 saturated carbocycles. The molecule has 1 aliphatic heterocycles. The normalized spacial score (nSPS) is 16.2. The van der Waals surface area contributed by atoms with Crippen molar-refractivity contribution in [3.8, 4) is 0 Å². The number of carbonyl (C=O) groups is 1. The molecule has 142 valence electrons. The smallest absolute Gasteiger partial charge is 0.227 e. The van der Waals surface area contributed by atoms with E-state index in [4.69, 9.17) is 5.73 Å². The third-order valence-corrected chi connectivity index (χ3v) is 4.55. The van der Waals surface area contributed by atoms with Gasteiger partial charge in [0.25, 0.3) is 0 Å². The molecule has 6 nitrogen and oxygen atoms in total. The van der Waals surface area contributed by atoms with E-state index in [0.29, 0.717) is 12.1 Å². The lowest BCUT2D eigenvalue weighted by molar-refractivity contribution is -0.131. The van der Waals surface area contributed by atoms with Crippen LogP contribution < -0.4 is 10.6 Å². The largest absolute Gasteiger partial charge is 0.399 e. The molecular formula is C18H25Cl2N5O. The molecule has 1 aliphatic rings. The number of anilines is 2. The lowest BCUT2D eigenvalue weighted by Crippen LogP contribution is -2.49. The van der Waals surface area contributed by atoms with Crippen molar-refractivity contribution in [3.63, 3.8) is 0 Å². The highest BCUT2D eigenvalue weighted by Crippen LogP contribution is 2.20. The summed E-state index contributed by atoms with van der Waals surface area (Å²) in [4.78, 5) is 16.7. The summed E-state index contributed by atoms with van der Waals surface area (Å²) in [5, 5.41) is 8.12. The molecule has 2 aromatic rings. The molecule has 0 spiro atoms. The number of nitrogen functional groups attached to an aromatic ring is 1. The van der Waals surface area contributed by atoms with E-state index >= 15 is 0 Å². The highest BCUT2D eigenvalue weighted by molar-refractivity contribution is 5.85. The van der Waals surface area contributed by atoms with E-state index in [1.54, 1.807) is 6.20 Å². The van der Waals surface area contributed by atoms with Gasteiger partial charge in [-0.3, -0.25) is 4.79 Å². The number of hydrogen-bond acceptors (Lipinski definition) is 5. The average molecular weight is 398 g/mol. The van der Waals surface area contributed by atoms with Crippen LogP contribution in [0.1, 0.15) is 18.4 Å². The molecule has 1 atom stereocenters. The lowest BCUT2D eigenvalue weighted by Gasteiger charge is -2.38. The number of benzene rings is 1. The van der Waals surface area contributed by atoms with Gasteiger partial charge in [-0.25, -0.2) is 0 Å². The number of aromatic nitrogens is 2. The van der Waals surface area contributed by atoms with Crippen LogP contribution in [0.3, 0.4) is 0 Å². The Hall–Kier alpha value is -2.05. The first kappa shape index (κ1) is 22.0. The van der Waals surface area contributed by atoms with E-state index in [0.717, 1.165) is 37.3 Å². The minimum atomic E-state index is 0. The van der Waals surface area contributed by atoms with Crippen LogP contribution in [0, 0.1) is 0 Å². The van der Waals surface area contributed by atoms with Gasteiger partial charge in [-0.15, -0.1) is 29.9 Å². The summed E-state index contributed by atoms with van der Waals surface area (Å²) in [6.07, 6.45) is 4.13. The third-order valence-electron chi connectivity index (χ3n) is 4.55. The zero-order valence-corrected chi connectivity index (χ0v) is 16.4. The van der Waals surface area contributed by atoms with Crippen LogP contribution >= 0.6 is 24.8 Å². The molecular weight excluding hydrogens is 373 g/mol. The van der Waals surface area contributed by atoms with Gasteiger partial charge in [-0.2, -0.15) is 5.10 Å². The Bertz CT molecular complexity index is 684. The number of piperidine rings is 1. The molecule has 1 aromatic heterocycles. The predicted octanol–water partition coefficient (Wildman–Crippen LogP) is 2.57. The van der Waals surface area contributed by atoms with Crippen molar-refractivity contribution in [2.24, 2.45) is 0 Å². The number of nitrogens with two attached hydrogens (primary N) is 1. The van der Waals surface area contributed by atoms with Crippen LogP contribution in [0.2, 0.25) is 0 Å². The highest BCUT2D eigenvalue weighted by atomic mass is 35.5. The second-order valence-electron chi connectivity index (χ2n) is 6.25. The molecule has 1 aromatic carbocycles. The van der Waals surface area contributed by atoms with Crippen molar-refractivity contribution in [1.82, 2.24) is 15.1 Å². The first-order valence-corrected chi connectivity index (χ1v) is 8.26. The second kappa shape index (κ2) is 10.2. The van der Waals surface area contributed by atoms with Crippen LogP contribution in [0.15, 0.2) is 42.6 Å². The fourth-order valence-corrected chi connectivity index (χ4v) is 3.08. The minimum Gasteiger partial charge on any atom is -0.399 e. The van der Waals surface area contributed by atoms with E-state index in [1.807, 2.05) is 48.3 Å². The zero-order valence-electron chi connectivity index (χ0n) is 14.7. The monoisotopic (exact) mass is 397 g/mol. The SMILES string of the molecule is CN(C(=O)Cc1ccc(N)cc1)C1CCCN(c2cccnn2)C1.Cl.Cl. The van der Waals surface area contributed by atoms with Crippen LogP contribution in [0.25, 0.3) is 0 Å². The van der Waals surface area contributed by atoms with Gasteiger partial charge < -0.3 is 15.5 Å². The fraction of sp³-hybridized carbons (Fsp3) is 0.389. The molecule has 0 bridgehead atoms. The van der Waals surface area contributed by atoms with Gasteiger partial charge in [0, 0.05) is 38.1 Å². The fourth-order valence-electron chi connectivity index (χ4n) is 3.08. The molecule has 1 amide bonds. The Morgan fingerprint density at radius 2 is 2.00 bits per heavy atom. The van der Waals surface area contributed by atoms with Crippen LogP contribution in [0.4, 0.5) is 11.5 Å². The molecule has 3 rings (SSSR count). The van der Waals surface area contributed by atoms with E-state index in [-0.39, 0.29) is 36.8 Å². The van der Waals surface area contributed by atoms with Crippen molar-refractivity contribution < 1.29 is 4.79 Å². The van der Waals surface area contributed by atoms with Gasteiger partial charge >= 0.3 is 0 Å². The Labute approximate surface area is 166 Å². The van der Waals surface area contributed by atoms with Crippen molar-refractivity contribution >= 4 is 42.2 Å². The number of rotatable bonds is 4. The van der Waals surface area contributed by atoms with Crippen molar-refractivity contribution in [1.29, 1.82) is 0 Å². The van der Waals surface area contributed by atoms with Crippen LogP contribution in [0.5, 0.6) is 0 Å². The van der Waals surface area contributed by atoms with Crippen LogP contribution in [-0.4, -0.2) is 47.2 Å². The predicted molar refractivity (Wildman–Crippen MR) is 109 cm³/mol. The average Bonchev–Trinajstić information content (AvgIpc) is 2.64. The van der Waals surface area contributed by atoms with E-state index in [9.17, 15) is 4.79 Å². The van der Waals surface area contributed by atoms with Gasteiger partial charge in [0.1, 0.15) is 0 Å². The van der Waals surface area contributed by atoms with E-state index in [2.05, 4.69) is 15.1 Å². The Kier molecular flexibility index (Phi) is 8.61. The number of likely N-dealkylation sites (N-methyl/N-ethyl adjacent to an activating group) is 1. The summed E-state index contributed by atoms with van der Waals surface area (Å²) in [5.74, 6) is 1.01. The van der Waals surface area contributed by atoms with Gasteiger partial charge in [0.05, 0.1) is 6.42 Å². The Balaban J connectivity index is 0.00000169.